The van der Waals surface area contributed by atoms with Crippen LogP contribution in [0.15, 0.2) is 48.0 Å². The first-order valence-electron chi connectivity index (χ1n) is 9.93. The normalized spacial score (nSPS) is 16.7. The van der Waals surface area contributed by atoms with Crippen LogP contribution in [0.4, 0.5) is 4.39 Å². The lowest BCUT2D eigenvalue weighted by Gasteiger charge is -2.16. The van der Waals surface area contributed by atoms with Gasteiger partial charge in [0.1, 0.15) is 5.82 Å². The summed E-state index contributed by atoms with van der Waals surface area (Å²) >= 11 is 7.71. The predicted octanol–water partition coefficient (Wildman–Crippen LogP) is 5.16. The van der Waals surface area contributed by atoms with E-state index in [0.29, 0.717) is 23.0 Å². The lowest BCUT2D eigenvalue weighted by Crippen LogP contribution is -2.24. The van der Waals surface area contributed by atoms with E-state index in [4.69, 9.17) is 11.6 Å². The van der Waals surface area contributed by atoms with Gasteiger partial charge in [-0.25, -0.2) is 9.37 Å². The number of carbonyl (C=O) groups excluding carboxylic acids is 1. The highest BCUT2D eigenvalue weighted by Gasteiger charge is 2.27. The number of likely N-dealkylation sites (tertiary alicyclic amines) is 1. The molecule has 1 amide bonds. The van der Waals surface area contributed by atoms with Gasteiger partial charge in [-0.1, -0.05) is 29.8 Å². The van der Waals surface area contributed by atoms with Crippen LogP contribution in [0.25, 0.3) is 0 Å². The summed E-state index contributed by atoms with van der Waals surface area (Å²) in [4.78, 5) is 20.7. The Balaban J connectivity index is 1.37. The summed E-state index contributed by atoms with van der Waals surface area (Å²) in [6.45, 7) is 5.01. The van der Waals surface area contributed by atoms with Crippen molar-refractivity contribution in [2.45, 2.75) is 32.4 Å². The largest absolute Gasteiger partial charge is 0.347 e. The third-order valence-corrected chi connectivity index (χ3v) is 6.83. The van der Waals surface area contributed by atoms with Crippen LogP contribution in [-0.2, 0) is 13.1 Å². The fraction of sp³-hybridized carbons (Fsp3) is 0.304. The monoisotopic (exact) mass is 443 g/mol. The Morgan fingerprint density at radius 3 is 2.90 bits per heavy atom. The van der Waals surface area contributed by atoms with Gasteiger partial charge >= 0.3 is 0 Å². The van der Waals surface area contributed by atoms with Crippen LogP contribution in [0.2, 0.25) is 5.02 Å². The van der Waals surface area contributed by atoms with E-state index < -0.39 is 0 Å². The van der Waals surface area contributed by atoms with Gasteiger partial charge in [0.15, 0.2) is 0 Å². The zero-order valence-corrected chi connectivity index (χ0v) is 18.3. The number of hydrogen-bond donors (Lipinski definition) is 1. The SMILES string of the molecule is Cc1c(Cl)cccc1C(=O)NCc1scnc1C1CCN(Cc2ccc(F)cc2)C1. The number of hydrogen-bond acceptors (Lipinski definition) is 4. The quantitative estimate of drug-likeness (QED) is 0.572. The van der Waals surface area contributed by atoms with Crippen molar-refractivity contribution in [3.8, 4) is 0 Å². The number of nitrogens with one attached hydrogen (secondary N) is 1. The van der Waals surface area contributed by atoms with Crippen LogP contribution in [0, 0.1) is 12.7 Å². The molecular formula is C23H23ClFN3OS. The summed E-state index contributed by atoms with van der Waals surface area (Å²) in [5.41, 5.74) is 5.42. The first-order chi connectivity index (χ1) is 14.5. The number of rotatable bonds is 6. The van der Waals surface area contributed by atoms with Crippen LogP contribution in [0.1, 0.15) is 44.4 Å². The summed E-state index contributed by atoms with van der Waals surface area (Å²) < 4.78 is 13.1. The molecule has 0 radical (unpaired) electrons. The van der Waals surface area contributed by atoms with Gasteiger partial charge in [-0.15, -0.1) is 11.3 Å². The molecule has 30 heavy (non-hydrogen) atoms. The molecule has 0 spiro atoms. The third kappa shape index (κ3) is 4.72. The summed E-state index contributed by atoms with van der Waals surface area (Å²) in [6, 6.07) is 12.0. The van der Waals surface area contributed by atoms with E-state index in [1.807, 2.05) is 24.6 Å². The molecule has 1 N–H and O–H groups in total. The fourth-order valence-corrected chi connectivity index (χ4v) is 4.86. The molecule has 0 bridgehead atoms. The highest BCUT2D eigenvalue weighted by Crippen LogP contribution is 2.31. The third-order valence-electron chi connectivity index (χ3n) is 5.57. The van der Waals surface area contributed by atoms with E-state index in [1.54, 1.807) is 29.5 Å². The van der Waals surface area contributed by atoms with Crippen LogP contribution < -0.4 is 5.32 Å². The van der Waals surface area contributed by atoms with Crippen molar-refractivity contribution in [2.24, 2.45) is 0 Å². The molecular weight excluding hydrogens is 421 g/mol. The summed E-state index contributed by atoms with van der Waals surface area (Å²) in [6.07, 6.45) is 1.03. The lowest BCUT2D eigenvalue weighted by atomic mass is 10.0. The van der Waals surface area contributed by atoms with Crippen molar-refractivity contribution in [3.05, 3.63) is 86.1 Å². The zero-order valence-electron chi connectivity index (χ0n) is 16.7. The second-order valence-electron chi connectivity index (χ2n) is 7.60. The maximum atomic E-state index is 13.1. The molecule has 4 rings (SSSR count). The Hall–Kier alpha value is -2.28. The number of nitrogens with zero attached hydrogens (tertiary/aromatic N) is 2. The second kappa shape index (κ2) is 9.25. The average Bonchev–Trinajstić information content (AvgIpc) is 3.39. The molecule has 1 saturated heterocycles. The predicted molar refractivity (Wildman–Crippen MR) is 119 cm³/mol. The smallest absolute Gasteiger partial charge is 0.251 e. The molecule has 1 aliphatic rings. The van der Waals surface area contributed by atoms with Gasteiger partial charge in [0.2, 0.25) is 0 Å². The highest BCUT2D eigenvalue weighted by molar-refractivity contribution is 7.09. The van der Waals surface area contributed by atoms with Crippen molar-refractivity contribution in [2.75, 3.05) is 13.1 Å². The number of carbonyl (C=O) groups is 1. The summed E-state index contributed by atoms with van der Waals surface area (Å²) in [5.74, 6) is 0.00962. The van der Waals surface area contributed by atoms with Crippen molar-refractivity contribution in [1.82, 2.24) is 15.2 Å². The van der Waals surface area contributed by atoms with E-state index in [1.165, 1.54) is 12.1 Å². The van der Waals surface area contributed by atoms with Crippen LogP contribution in [-0.4, -0.2) is 28.9 Å². The second-order valence-corrected chi connectivity index (χ2v) is 8.95. The lowest BCUT2D eigenvalue weighted by molar-refractivity contribution is 0.0950. The molecule has 1 unspecified atom stereocenters. The minimum Gasteiger partial charge on any atom is -0.347 e. The van der Waals surface area contributed by atoms with Gasteiger partial charge in [-0.2, -0.15) is 0 Å². The van der Waals surface area contributed by atoms with E-state index in [0.717, 1.165) is 47.8 Å². The van der Waals surface area contributed by atoms with Crippen molar-refractivity contribution in [1.29, 1.82) is 0 Å². The Kier molecular flexibility index (Phi) is 6.46. The number of aromatic nitrogens is 1. The van der Waals surface area contributed by atoms with E-state index >= 15 is 0 Å². The van der Waals surface area contributed by atoms with Gasteiger partial charge in [0.25, 0.3) is 5.91 Å². The van der Waals surface area contributed by atoms with Crippen molar-refractivity contribution < 1.29 is 9.18 Å². The summed E-state index contributed by atoms with van der Waals surface area (Å²) in [7, 11) is 0. The topological polar surface area (TPSA) is 45.2 Å². The molecule has 4 nitrogen and oxygen atoms in total. The number of halogens is 2. The minimum atomic E-state index is -0.208. The molecule has 2 aromatic carbocycles. The first-order valence-corrected chi connectivity index (χ1v) is 11.2. The van der Waals surface area contributed by atoms with Crippen LogP contribution >= 0.6 is 22.9 Å². The Labute approximate surface area is 184 Å². The van der Waals surface area contributed by atoms with Crippen LogP contribution in [0.5, 0.6) is 0 Å². The Bertz CT molecular complexity index is 1040. The standard InChI is InChI=1S/C23H23ClFN3OS/c1-15-19(3-2-4-20(15)24)23(29)26-11-21-22(27-14-30-21)17-9-10-28(13-17)12-16-5-7-18(25)8-6-16/h2-8,14,17H,9-13H2,1H3,(H,26,29). The van der Waals surface area contributed by atoms with Gasteiger partial charge < -0.3 is 5.32 Å². The molecule has 1 aliphatic heterocycles. The molecule has 1 aromatic heterocycles. The van der Waals surface area contributed by atoms with E-state index in [2.05, 4.69) is 15.2 Å². The highest BCUT2D eigenvalue weighted by atomic mass is 35.5. The molecule has 1 fully saturated rings. The van der Waals surface area contributed by atoms with Gasteiger partial charge in [0.05, 0.1) is 17.7 Å². The Morgan fingerprint density at radius 1 is 1.30 bits per heavy atom. The van der Waals surface area contributed by atoms with Gasteiger partial charge in [-0.05, 0) is 55.3 Å². The van der Waals surface area contributed by atoms with Gasteiger partial charge in [0, 0.05) is 34.5 Å². The minimum absolute atomic E-state index is 0.126. The van der Waals surface area contributed by atoms with Crippen molar-refractivity contribution >= 4 is 28.8 Å². The molecule has 0 aliphatic carbocycles. The van der Waals surface area contributed by atoms with Gasteiger partial charge in [-0.3, -0.25) is 9.69 Å². The zero-order chi connectivity index (χ0) is 21.1. The Morgan fingerprint density at radius 2 is 2.10 bits per heavy atom. The molecule has 1 atom stereocenters. The molecule has 2 heterocycles. The van der Waals surface area contributed by atoms with Crippen molar-refractivity contribution in [3.63, 3.8) is 0 Å². The average molecular weight is 444 g/mol. The molecule has 7 heteroatoms. The molecule has 156 valence electrons. The van der Waals surface area contributed by atoms with E-state index in [9.17, 15) is 9.18 Å². The number of thiazole rings is 1. The number of amides is 1. The maximum Gasteiger partial charge on any atom is 0.251 e. The van der Waals surface area contributed by atoms with Crippen LogP contribution in [0.3, 0.4) is 0 Å². The maximum absolute atomic E-state index is 13.1. The first kappa shape index (κ1) is 21.0. The van der Waals surface area contributed by atoms with E-state index in [-0.39, 0.29) is 11.7 Å². The summed E-state index contributed by atoms with van der Waals surface area (Å²) in [5, 5.41) is 3.60. The molecule has 3 aromatic rings. The number of benzene rings is 2. The fourth-order valence-electron chi connectivity index (χ4n) is 3.90. The molecule has 0 saturated carbocycles.